The third-order valence-electron chi connectivity index (χ3n) is 2.39. The Labute approximate surface area is 94.3 Å². The number of non-ortho nitro benzene ring substituents is 1. The van der Waals surface area contributed by atoms with Crippen molar-refractivity contribution in [2.75, 3.05) is 6.61 Å². The van der Waals surface area contributed by atoms with E-state index >= 15 is 0 Å². The molecule has 1 aromatic carbocycles. The minimum absolute atomic E-state index is 0.0259. The van der Waals surface area contributed by atoms with Crippen molar-refractivity contribution in [1.82, 2.24) is 5.32 Å². The van der Waals surface area contributed by atoms with Gasteiger partial charge in [-0.25, -0.2) is 0 Å². The average molecular weight is 224 g/mol. The number of rotatable bonds is 5. The van der Waals surface area contributed by atoms with Crippen LogP contribution >= 0.6 is 0 Å². The number of nitrogens with zero attached hydrogens (tertiary/aromatic N) is 1. The number of nitrogens with one attached hydrogen (secondary N) is 1. The van der Waals surface area contributed by atoms with Crippen molar-refractivity contribution in [3.8, 4) is 0 Å². The van der Waals surface area contributed by atoms with Crippen LogP contribution in [-0.4, -0.2) is 22.7 Å². The molecule has 5 nitrogen and oxygen atoms in total. The predicted molar refractivity (Wildman–Crippen MR) is 61.2 cm³/mol. The van der Waals surface area contributed by atoms with Gasteiger partial charge in [-0.15, -0.1) is 0 Å². The zero-order valence-corrected chi connectivity index (χ0v) is 9.38. The summed E-state index contributed by atoms with van der Waals surface area (Å²) in [5.74, 6) is 0. The number of hydrogen-bond donors (Lipinski definition) is 2. The lowest BCUT2D eigenvalue weighted by atomic mass is 10.1. The van der Waals surface area contributed by atoms with E-state index in [4.69, 9.17) is 5.11 Å². The van der Waals surface area contributed by atoms with Gasteiger partial charge in [0.2, 0.25) is 0 Å². The van der Waals surface area contributed by atoms with Crippen LogP contribution < -0.4 is 5.32 Å². The first-order valence-electron chi connectivity index (χ1n) is 5.16. The van der Waals surface area contributed by atoms with E-state index in [1.807, 2.05) is 19.9 Å². The maximum atomic E-state index is 10.6. The first-order valence-corrected chi connectivity index (χ1v) is 5.16. The smallest absolute Gasteiger partial charge is 0.269 e. The van der Waals surface area contributed by atoms with E-state index in [-0.39, 0.29) is 24.4 Å². The Morgan fingerprint density at radius 1 is 1.50 bits per heavy atom. The molecule has 0 aliphatic rings. The highest BCUT2D eigenvalue weighted by Gasteiger charge is 2.12. The summed E-state index contributed by atoms with van der Waals surface area (Å²) in [6, 6.07) is 6.44. The second-order valence-corrected chi connectivity index (χ2v) is 3.82. The zero-order chi connectivity index (χ0) is 12.1. The lowest BCUT2D eigenvalue weighted by Crippen LogP contribution is -2.31. The maximum absolute atomic E-state index is 10.6. The number of nitro groups is 1. The summed E-state index contributed by atoms with van der Waals surface area (Å²) in [6.07, 6.45) is 0. The zero-order valence-electron chi connectivity index (χ0n) is 9.38. The molecule has 16 heavy (non-hydrogen) atoms. The van der Waals surface area contributed by atoms with E-state index in [9.17, 15) is 10.1 Å². The maximum Gasteiger partial charge on any atom is 0.269 e. The minimum atomic E-state index is -0.411. The van der Waals surface area contributed by atoms with Crippen LogP contribution in [0.15, 0.2) is 24.3 Å². The van der Waals surface area contributed by atoms with E-state index in [0.717, 1.165) is 5.56 Å². The molecular formula is C11H16N2O3. The van der Waals surface area contributed by atoms with Crippen LogP contribution in [0.2, 0.25) is 0 Å². The van der Waals surface area contributed by atoms with Crippen LogP contribution in [0.25, 0.3) is 0 Å². The summed E-state index contributed by atoms with van der Waals surface area (Å²) in [6.45, 7) is 3.80. The number of benzene rings is 1. The first-order chi connectivity index (χ1) is 7.54. The van der Waals surface area contributed by atoms with Crippen molar-refractivity contribution in [1.29, 1.82) is 0 Å². The summed E-state index contributed by atoms with van der Waals surface area (Å²) in [5.41, 5.74) is 0.928. The SMILES string of the molecule is CC(CO)NC(C)c1cccc([N+](=O)[O-])c1. The van der Waals surface area contributed by atoms with E-state index in [1.165, 1.54) is 6.07 Å². The Morgan fingerprint density at radius 3 is 2.75 bits per heavy atom. The lowest BCUT2D eigenvalue weighted by molar-refractivity contribution is -0.384. The Balaban J connectivity index is 2.79. The second kappa shape index (κ2) is 5.58. The molecule has 0 aliphatic carbocycles. The molecule has 0 saturated heterocycles. The topological polar surface area (TPSA) is 75.4 Å². The fraction of sp³-hybridized carbons (Fsp3) is 0.455. The molecule has 0 aliphatic heterocycles. The molecule has 2 unspecified atom stereocenters. The molecule has 0 saturated carbocycles. The highest BCUT2D eigenvalue weighted by molar-refractivity contribution is 5.35. The molecule has 0 aromatic heterocycles. The average Bonchev–Trinajstić information content (AvgIpc) is 2.28. The largest absolute Gasteiger partial charge is 0.395 e. The van der Waals surface area contributed by atoms with Crippen LogP contribution in [0.3, 0.4) is 0 Å². The molecule has 0 fully saturated rings. The summed E-state index contributed by atoms with van der Waals surface area (Å²) in [4.78, 5) is 10.2. The molecule has 2 N–H and O–H groups in total. The molecule has 5 heteroatoms. The van der Waals surface area contributed by atoms with E-state index in [0.29, 0.717) is 0 Å². The van der Waals surface area contributed by atoms with Crippen LogP contribution in [0.4, 0.5) is 5.69 Å². The summed E-state index contributed by atoms with van der Waals surface area (Å²) >= 11 is 0. The van der Waals surface area contributed by atoms with Crippen LogP contribution in [0.5, 0.6) is 0 Å². The van der Waals surface area contributed by atoms with E-state index in [2.05, 4.69) is 5.32 Å². The molecule has 2 atom stereocenters. The predicted octanol–water partition coefficient (Wildman–Crippen LogP) is 1.63. The monoisotopic (exact) mass is 224 g/mol. The molecular weight excluding hydrogens is 208 g/mol. The van der Waals surface area contributed by atoms with Crippen molar-refractivity contribution >= 4 is 5.69 Å². The standard InChI is InChI=1S/C11H16N2O3/c1-8(7-14)12-9(2)10-4-3-5-11(6-10)13(15)16/h3-6,8-9,12,14H,7H2,1-2H3. The van der Waals surface area contributed by atoms with Crippen molar-refractivity contribution in [3.05, 3.63) is 39.9 Å². The van der Waals surface area contributed by atoms with Gasteiger partial charge in [-0.2, -0.15) is 0 Å². The number of nitro benzene ring substituents is 1. The lowest BCUT2D eigenvalue weighted by Gasteiger charge is -2.18. The third-order valence-corrected chi connectivity index (χ3v) is 2.39. The van der Waals surface area contributed by atoms with Gasteiger partial charge in [0, 0.05) is 24.2 Å². The van der Waals surface area contributed by atoms with Gasteiger partial charge in [0.1, 0.15) is 0 Å². The fourth-order valence-corrected chi connectivity index (χ4v) is 1.48. The Kier molecular flexibility index (Phi) is 4.39. The highest BCUT2D eigenvalue weighted by atomic mass is 16.6. The van der Waals surface area contributed by atoms with Crippen LogP contribution in [-0.2, 0) is 0 Å². The Bertz CT molecular complexity index is 368. The van der Waals surface area contributed by atoms with E-state index < -0.39 is 4.92 Å². The third kappa shape index (κ3) is 3.29. The van der Waals surface area contributed by atoms with Gasteiger partial charge in [0.25, 0.3) is 5.69 Å². The Morgan fingerprint density at radius 2 is 2.19 bits per heavy atom. The van der Waals surface area contributed by atoms with Crippen molar-refractivity contribution in [3.63, 3.8) is 0 Å². The van der Waals surface area contributed by atoms with Gasteiger partial charge in [-0.3, -0.25) is 10.1 Å². The van der Waals surface area contributed by atoms with Gasteiger partial charge in [-0.1, -0.05) is 12.1 Å². The fourth-order valence-electron chi connectivity index (χ4n) is 1.48. The molecule has 88 valence electrons. The van der Waals surface area contributed by atoms with Crippen LogP contribution in [0, 0.1) is 10.1 Å². The van der Waals surface area contributed by atoms with Crippen molar-refractivity contribution in [2.24, 2.45) is 0 Å². The molecule has 0 radical (unpaired) electrons. The highest BCUT2D eigenvalue weighted by Crippen LogP contribution is 2.19. The summed E-state index contributed by atoms with van der Waals surface area (Å²) in [7, 11) is 0. The normalized spacial score (nSPS) is 14.4. The minimum Gasteiger partial charge on any atom is -0.395 e. The molecule has 0 bridgehead atoms. The number of aliphatic hydroxyl groups is 1. The van der Waals surface area contributed by atoms with E-state index in [1.54, 1.807) is 12.1 Å². The number of aliphatic hydroxyl groups excluding tert-OH is 1. The quantitative estimate of drug-likeness (QED) is 0.588. The van der Waals surface area contributed by atoms with Crippen molar-refractivity contribution in [2.45, 2.75) is 25.9 Å². The Hall–Kier alpha value is -1.46. The molecule has 0 spiro atoms. The summed E-state index contributed by atoms with van der Waals surface area (Å²) < 4.78 is 0. The van der Waals surface area contributed by atoms with Gasteiger partial charge < -0.3 is 10.4 Å². The molecule has 0 heterocycles. The second-order valence-electron chi connectivity index (χ2n) is 3.82. The number of hydrogen-bond acceptors (Lipinski definition) is 4. The van der Waals surface area contributed by atoms with Gasteiger partial charge in [0.15, 0.2) is 0 Å². The van der Waals surface area contributed by atoms with Crippen LogP contribution in [0.1, 0.15) is 25.5 Å². The first kappa shape index (κ1) is 12.6. The van der Waals surface area contributed by atoms with Crippen molar-refractivity contribution < 1.29 is 10.0 Å². The van der Waals surface area contributed by atoms with Gasteiger partial charge in [0.05, 0.1) is 11.5 Å². The van der Waals surface area contributed by atoms with Gasteiger partial charge in [-0.05, 0) is 19.4 Å². The molecule has 1 aromatic rings. The van der Waals surface area contributed by atoms with Gasteiger partial charge >= 0.3 is 0 Å². The molecule has 1 rings (SSSR count). The summed E-state index contributed by atoms with van der Waals surface area (Å²) in [5, 5.41) is 22.6. The molecule has 0 amide bonds.